The van der Waals surface area contributed by atoms with Crippen LogP contribution < -0.4 is 16.5 Å². The fourth-order valence-corrected chi connectivity index (χ4v) is 4.14. The van der Waals surface area contributed by atoms with Gasteiger partial charge in [0.25, 0.3) is 5.91 Å². The average Bonchev–Trinajstić information content (AvgIpc) is 3.12. The third-order valence-corrected chi connectivity index (χ3v) is 5.31. The van der Waals surface area contributed by atoms with Crippen LogP contribution in [0.5, 0.6) is 0 Å². The standard InChI is InChI=1S/C14H23N5O7S/c15-12(20)4-8-3-9(16-5-8)7-25-17-13(21)11-2-1-10-6-18(11)14(22)19(10)26-27(23)24/h8-11,16H,1-7H2,(H2,15,20)(H,17,21)(H,23,24)/p-1/t8-,9-,10?,11?/m0/s1. The Kier molecular flexibility index (Phi) is 6.26. The van der Waals surface area contributed by atoms with Gasteiger partial charge in [-0.1, -0.05) is 0 Å². The van der Waals surface area contributed by atoms with Crippen LogP contribution in [0.2, 0.25) is 0 Å². The van der Waals surface area contributed by atoms with E-state index in [-0.39, 0.29) is 31.0 Å². The molecule has 3 unspecified atom stereocenters. The molecule has 3 rings (SSSR count). The maximum atomic E-state index is 12.4. The van der Waals surface area contributed by atoms with Crippen LogP contribution in [0, 0.1) is 5.92 Å². The smallest absolute Gasteiger partial charge is 0.346 e. The number of hydrogen-bond donors (Lipinski definition) is 3. The summed E-state index contributed by atoms with van der Waals surface area (Å²) < 4.78 is 25.9. The summed E-state index contributed by atoms with van der Waals surface area (Å²) in [7, 11) is 0. The summed E-state index contributed by atoms with van der Waals surface area (Å²) in [5.74, 6) is -0.665. The van der Waals surface area contributed by atoms with Crippen molar-refractivity contribution in [3.63, 3.8) is 0 Å². The molecule has 3 saturated heterocycles. The predicted molar refractivity (Wildman–Crippen MR) is 88.6 cm³/mol. The molecule has 3 heterocycles. The molecule has 0 aromatic rings. The van der Waals surface area contributed by atoms with Crippen molar-refractivity contribution in [2.24, 2.45) is 11.7 Å². The summed E-state index contributed by atoms with van der Waals surface area (Å²) in [4.78, 5) is 42.1. The number of piperidine rings is 1. The molecule has 12 nitrogen and oxygen atoms in total. The molecule has 4 amide bonds. The molecule has 3 fully saturated rings. The molecule has 5 atom stereocenters. The van der Waals surface area contributed by atoms with Gasteiger partial charge in [-0.05, 0) is 31.7 Å². The molecule has 0 saturated carbocycles. The molecule has 2 bridgehead atoms. The normalized spacial score (nSPS) is 31.2. The van der Waals surface area contributed by atoms with Gasteiger partial charge in [0, 0.05) is 19.0 Å². The lowest BCUT2D eigenvalue weighted by atomic mass is 10.0. The van der Waals surface area contributed by atoms with Gasteiger partial charge in [0.2, 0.25) is 5.91 Å². The van der Waals surface area contributed by atoms with E-state index in [1.165, 1.54) is 4.90 Å². The van der Waals surface area contributed by atoms with E-state index in [2.05, 4.69) is 15.1 Å². The third-order valence-electron chi connectivity index (χ3n) is 5.03. The molecule has 0 aromatic carbocycles. The first-order chi connectivity index (χ1) is 12.8. The van der Waals surface area contributed by atoms with Crippen molar-refractivity contribution in [2.45, 2.75) is 43.8 Å². The van der Waals surface area contributed by atoms with Crippen molar-refractivity contribution in [2.75, 3.05) is 19.7 Å². The van der Waals surface area contributed by atoms with E-state index in [9.17, 15) is 23.1 Å². The number of carbonyl (C=O) groups excluding carboxylic acids is 3. The minimum absolute atomic E-state index is 0.00488. The molecule has 13 heteroatoms. The second kappa shape index (κ2) is 8.48. The van der Waals surface area contributed by atoms with Crippen LogP contribution in [0.1, 0.15) is 25.7 Å². The molecule has 0 aromatic heterocycles. The molecular weight excluding hydrogens is 382 g/mol. The fourth-order valence-electron chi connectivity index (χ4n) is 3.82. The number of nitrogens with two attached hydrogens (primary N) is 1. The number of rotatable bonds is 8. The first-order valence-corrected chi connectivity index (χ1v) is 9.66. The van der Waals surface area contributed by atoms with Crippen LogP contribution in [0.4, 0.5) is 4.79 Å². The summed E-state index contributed by atoms with van der Waals surface area (Å²) in [5.41, 5.74) is 7.53. The molecule has 4 N–H and O–H groups in total. The van der Waals surface area contributed by atoms with Gasteiger partial charge in [-0.2, -0.15) is 9.35 Å². The van der Waals surface area contributed by atoms with Crippen molar-refractivity contribution >= 4 is 29.2 Å². The van der Waals surface area contributed by atoms with Crippen LogP contribution >= 0.6 is 0 Å². The third kappa shape index (κ3) is 4.73. The maximum Gasteiger partial charge on any atom is 0.346 e. The van der Waals surface area contributed by atoms with Crippen LogP contribution in [-0.2, 0) is 30.1 Å². The lowest BCUT2D eigenvalue weighted by molar-refractivity contribution is -0.139. The fraction of sp³-hybridized carbons (Fsp3) is 0.786. The number of urea groups is 1. The first kappa shape index (κ1) is 19.9. The summed E-state index contributed by atoms with van der Waals surface area (Å²) >= 11 is -2.85. The van der Waals surface area contributed by atoms with Crippen LogP contribution in [0.15, 0.2) is 0 Å². The number of carbonyl (C=O) groups is 3. The number of nitrogens with one attached hydrogen (secondary N) is 2. The van der Waals surface area contributed by atoms with Crippen LogP contribution in [0.3, 0.4) is 0 Å². The highest BCUT2D eigenvalue weighted by Gasteiger charge is 2.48. The Morgan fingerprint density at radius 1 is 1.41 bits per heavy atom. The van der Waals surface area contributed by atoms with E-state index >= 15 is 0 Å². The molecule has 0 radical (unpaired) electrons. The molecule has 152 valence electrons. The van der Waals surface area contributed by atoms with Crippen molar-refractivity contribution in [1.82, 2.24) is 20.8 Å². The minimum Gasteiger partial charge on any atom is -0.748 e. The van der Waals surface area contributed by atoms with Gasteiger partial charge < -0.3 is 20.5 Å². The van der Waals surface area contributed by atoms with Gasteiger partial charge >= 0.3 is 6.03 Å². The minimum atomic E-state index is -2.85. The van der Waals surface area contributed by atoms with E-state index in [1.807, 2.05) is 0 Å². The van der Waals surface area contributed by atoms with Gasteiger partial charge in [-0.25, -0.2) is 14.5 Å². The second-order valence-electron chi connectivity index (χ2n) is 6.94. The number of amides is 4. The maximum absolute atomic E-state index is 12.4. The molecule has 0 aliphatic carbocycles. The van der Waals surface area contributed by atoms with E-state index < -0.39 is 35.4 Å². The molecule has 0 spiro atoms. The highest BCUT2D eigenvalue weighted by Crippen LogP contribution is 2.30. The lowest BCUT2D eigenvalue weighted by Crippen LogP contribution is -2.50. The lowest BCUT2D eigenvalue weighted by Gasteiger charge is -2.29. The molecule has 27 heavy (non-hydrogen) atoms. The van der Waals surface area contributed by atoms with Gasteiger partial charge in [0.05, 0.1) is 12.6 Å². The number of nitrogens with zero attached hydrogens (tertiary/aromatic N) is 2. The zero-order valence-electron chi connectivity index (χ0n) is 14.5. The Morgan fingerprint density at radius 3 is 2.89 bits per heavy atom. The Hall–Kier alpha value is -1.80. The Balaban J connectivity index is 1.43. The Bertz CT molecular complexity index is 635. The van der Waals surface area contributed by atoms with E-state index in [0.717, 1.165) is 5.06 Å². The largest absolute Gasteiger partial charge is 0.748 e. The predicted octanol–water partition coefficient (Wildman–Crippen LogP) is -2.12. The van der Waals surface area contributed by atoms with Crippen molar-refractivity contribution < 1.29 is 32.3 Å². The summed E-state index contributed by atoms with van der Waals surface area (Å²) in [6, 6.07) is -1.81. The van der Waals surface area contributed by atoms with Crippen molar-refractivity contribution in [1.29, 1.82) is 0 Å². The van der Waals surface area contributed by atoms with Crippen LogP contribution in [-0.4, -0.2) is 74.4 Å². The summed E-state index contributed by atoms with van der Waals surface area (Å²) in [6.07, 6.45) is 1.84. The second-order valence-corrected chi connectivity index (χ2v) is 7.50. The van der Waals surface area contributed by atoms with Crippen molar-refractivity contribution in [3.05, 3.63) is 0 Å². The quantitative estimate of drug-likeness (QED) is 0.305. The van der Waals surface area contributed by atoms with E-state index in [1.54, 1.807) is 0 Å². The number of fused-ring (bicyclic) bond motifs is 2. The highest BCUT2D eigenvalue weighted by atomic mass is 32.2. The molecule has 3 aliphatic rings. The first-order valence-electron chi connectivity index (χ1n) is 8.66. The van der Waals surface area contributed by atoms with Crippen molar-refractivity contribution in [3.8, 4) is 0 Å². The Morgan fingerprint density at radius 2 is 2.19 bits per heavy atom. The topological polar surface area (TPSA) is 166 Å². The van der Waals surface area contributed by atoms with E-state index in [4.69, 9.17) is 10.6 Å². The average molecular weight is 404 g/mol. The summed E-state index contributed by atoms with van der Waals surface area (Å²) in [5, 5.41) is 3.98. The van der Waals surface area contributed by atoms with Gasteiger partial charge in [-0.15, -0.1) is 0 Å². The number of primary amides is 1. The highest BCUT2D eigenvalue weighted by molar-refractivity contribution is 7.74. The molecule has 3 aliphatic heterocycles. The van der Waals surface area contributed by atoms with Gasteiger partial charge in [-0.3, -0.25) is 14.4 Å². The van der Waals surface area contributed by atoms with Gasteiger partial charge in [0.1, 0.15) is 17.4 Å². The SMILES string of the molecule is NC(=O)C[C@H]1CN[C@H](CONC(=O)C2CCC3CN2C(=O)N3OS(=O)[O-])C1. The van der Waals surface area contributed by atoms with E-state index in [0.29, 0.717) is 32.2 Å². The molecular formula is C14H22N5O7S-. The van der Waals surface area contributed by atoms with Crippen LogP contribution in [0.25, 0.3) is 0 Å². The van der Waals surface area contributed by atoms with Gasteiger partial charge in [0.15, 0.2) is 0 Å². The Labute approximate surface area is 158 Å². The number of hydrogen-bond acceptors (Lipinski definition) is 8. The zero-order valence-corrected chi connectivity index (χ0v) is 15.3. The number of hydroxylamine groups is 3. The summed E-state index contributed by atoms with van der Waals surface area (Å²) in [6.45, 7) is 1.09. The monoisotopic (exact) mass is 404 g/mol. The zero-order chi connectivity index (χ0) is 19.6.